The van der Waals surface area contributed by atoms with Gasteiger partial charge in [0.1, 0.15) is 0 Å². The van der Waals surface area contributed by atoms with Crippen molar-refractivity contribution in [3.05, 3.63) is 29.8 Å². The molecule has 6 heteroatoms. The topological polar surface area (TPSA) is 61.8 Å². The van der Waals surface area contributed by atoms with Gasteiger partial charge >= 0.3 is 0 Å². The summed E-state index contributed by atoms with van der Waals surface area (Å²) in [5, 5.41) is 3.67. The van der Waals surface area contributed by atoms with Gasteiger partial charge in [0.25, 0.3) is 0 Å². The number of fused-ring (bicyclic) bond motifs is 1. The van der Waals surface area contributed by atoms with E-state index in [-0.39, 0.29) is 5.92 Å². The van der Waals surface area contributed by atoms with E-state index >= 15 is 0 Å². The molecule has 2 aliphatic heterocycles. The van der Waals surface area contributed by atoms with Crippen LogP contribution in [0, 0.1) is 5.92 Å². The van der Waals surface area contributed by atoms with E-state index in [1.165, 1.54) is 36.9 Å². The average Bonchev–Trinajstić information content (AvgIpc) is 3.31. The summed E-state index contributed by atoms with van der Waals surface area (Å²) in [5.41, 5.74) is 2.61. The highest BCUT2D eigenvalue weighted by Gasteiger charge is 2.29. The van der Waals surface area contributed by atoms with Crippen LogP contribution in [0.2, 0.25) is 0 Å². The quantitative estimate of drug-likeness (QED) is 0.663. The molecule has 1 saturated heterocycles. The first-order valence-electron chi connectivity index (χ1n) is 9.47. The van der Waals surface area contributed by atoms with Gasteiger partial charge in [0.05, 0.1) is 11.5 Å². The van der Waals surface area contributed by atoms with Gasteiger partial charge in [0, 0.05) is 24.8 Å². The van der Waals surface area contributed by atoms with Crippen LogP contribution in [0.15, 0.2) is 29.3 Å². The van der Waals surface area contributed by atoms with Crippen molar-refractivity contribution in [3.8, 4) is 0 Å². The molecule has 0 spiro atoms. The maximum absolute atomic E-state index is 11.7. The maximum atomic E-state index is 11.7. The molecule has 0 aromatic heterocycles. The molecule has 5 nitrogen and oxygen atoms in total. The Morgan fingerprint density at radius 3 is 2.76 bits per heavy atom. The number of para-hydroxylation sites is 1. The fraction of sp³-hybridized carbons (Fsp3) is 0.632. The van der Waals surface area contributed by atoms with Crippen LogP contribution < -0.4 is 10.2 Å². The van der Waals surface area contributed by atoms with Gasteiger partial charge in [-0.2, -0.15) is 0 Å². The van der Waals surface area contributed by atoms with Gasteiger partial charge in [-0.1, -0.05) is 31.0 Å². The summed E-state index contributed by atoms with van der Waals surface area (Å²) >= 11 is 0. The van der Waals surface area contributed by atoms with Gasteiger partial charge in [-0.25, -0.2) is 8.42 Å². The molecule has 1 unspecified atom stereocenters. The number of rotatable bonds is 3. The second kappa shape index (κ2) is 6.98. The Morgan fingerprint density at radius 1 is 1.20 bits per heavy atom. The van der Waals surface area contributed by atoms with Crippen LogP contribution in [-0.4, -0.2) is 45.0 Å². The number of hydrogen-bond donors (Lipinski definition) is 1. The lowest BCUT2D eigenvalue weighted by molar-refractivity contribution is 0.584. The number of benzene rings is 1. The molecule has 0 radical (unpaired) electrons. The minimum atomic E-state index is -2.84. The largest absolute Gasteiger partial charge is 0.353 e. The smallest absolute Gasteiger partial charge is 0.198 e. The molecule has 1 N–H and O–H groups in total. The van der Waals surface area contributed by atoms with Crippen molar-refractivity contribution in [1.29, 1.82) is 0 Å². The number of nitrogens with zero attached hydrogens (tertiary/aromatic N) is 2. The van der Waals surface area contributed by atoms with Crippen molar-refractivity contribution in [2.75, 3.05) is 29.5 Å². The first kappa shape index (κ1) is 16.9. The molecule has 1 saturated carbocycles. The Balaban J connectivity index is 1.53. The summed E-state index contributed by atoms with van der Waals surface area (Å²) in [7, 11) is -2.84. The highest BCUT2D eigenvalue weighted by Crippen LogP contribution is 2.28. The Bertz CT molecular complexity index is 754. The third kappa shape index (κ3) is 3.84. The lowest BCUT2D eigenvalue weighted by Gasteiger charge is -2.26. The average molecular weight is 362 g/mol. The molecule has 4 rings (SSSR count). The number of anilines is 1. The highest BCUT2D eigenvalue weighted by atomic mass is 32.2. The van der Waals surface area contributed by atoms with Crippen molar-refractivity contribution < 1.29 is 8.42 Å². The number of aliphatic imine (C=N–C) groups is 1. The zero-order chi connectivity index (χ0) is 17.3. The summed E-state index contributed by atoms with van der Waals surface area (Å²) in [6.45, 7) is 1.55. The first-order valence-corrected chi connectivity index (χ1v) is 11.3. The summed E-state index contributed by atoms with van der Waals surface area (Å²) < 4.78 is 23.4. The van der Waals surface area contributed by atoms with Crippen molar-refractivity contribution in [2.24, 2.45) is 10.9 Å². The summed E-state index contributed by atoms with van der Waals surface area (Å²) in [4.78, 5) is 7.17. The van der Waals surface area contributed by atoms with E-state index < -0.39 is 9.84 Å². The molecule has 1 aromatic rings. The van der Waals surface area contributed by atoms with Crippen molar-refractivity contribution in [3.63, 3.8) is 0 Å². The molecule has 0 amide bonds. The molecular weight excluding hydrogens is 334 g/mol. The normalized spacial score (nSPS) is 26.2. The van der Waals surface area contributed by atoms with Crippen LogP contribution in [0.1, 0.15) is 37.7 Å². The van der Waals surface area contributed by atoms with E-state index in [1.807, 2.05) is 0 Å². The van der Waals surface area contributed by atoms with E-state index in [4.69, 9.17) is 4.99 Å². The standard InChI is InChI=1S/C19H27N3O2S/c23-25(24)12-10-15(14-25)13-20-19(21-17-6-2-3-7-17)22-11-9-16-5-1-4-8-18(16)22/h1,4-5,8,15,17H,2-3,6-7,9-14H2,(H,20,21). The lowest BCUT2D eigenvalue weighted by atomic mass is 10.1. The molecule has 2 heterocycles. The number of guanidine groups is 1. The van der Waals surface area contributed by atoms with Gasteiger partial charge in [-0.05, 0) is 43.2 Å². The van der Waals surface area contributed by atoms with Gasteiger partial charge < -0.3 is 10.2 Å². The molecule has 1 aliphatic carbocycles. The van der Waals surface area contributed by atoms with Crippen LogP contribution in [0.5, 0.6) is 0 Å². The van der Waals surface area contributed by atoms with Gasteiger partial charge in [-0.3, -0.25) is 4.99 Å². The summed E-state index contributed by atoms with van der Waals surface area (Å²) in [6, 6.07) is 9.01. The van der Waals surface area contributed by atoms with E-state index in [1.54, 1.807) is 0 Å². The monoisotopic (exact) mass is 361 g/mol. The van der Waals surface area contributed by atoms with Crippen LogP contribution in [0.3, 0.4) is 0 Å². The fourth-order valence-corrected chi connectivity index (χ4v) is 6.10. The van der Waals surface area contributed by atoms with E-state index in [0.717, 1.165) is 25.3 Å². The lowest BCUT2D eigenvalue weighted by Crippen LogP contribution is -2.45. The fourth-order valence-electron chi connectivity index (χ4n) is 4.25. The van der Waals surface area contributed by atoms with Crippen molar-refractivity contribution >= 4 is 21.5 Å². The Kier molecular flexibility index (Phi) is 4.71. The Morgan fingerprint density at radius 2 is 2.00 bits per heavy atom. The molecule has 1 aromatic carbocycles. The van der Waals surface area contributed by atoms with Gasteiger partial charge in [-0.15, -0.1) is 0 Å². The van der Waals surface area contributed by atoms with Crippen molar-refractivity contribution in [1.82, 2.24) is 5.32 Å². The van der Waals surface area contributed by atoms with Crippen LogP contribution >= 0.6 is 0 Å². The minimum Gasteiger partial charge on any atom is -0.353 e. The van der Waals surface area contributed by atoms with E-state index in [0.29, 0.717) is 24.1 Å². The summed E-state index contributed by atoms with van der Waals surface area (Å²) in [6.07, 6.45) is 6.75. The second-order valence-corrected chi connectivity index (χ2v) is 9.82. The Hall–Kier alpha value is -1.56. The first-order chi connectivity index (χ1) is 12.1. The third-order valence-corrected chi connectivity index (χ3v) is 7.49. The Labute approximate surface area is 150 Å². The second-order valence-electron chi connectivity index (χ2n) is 7.59. The maximum Gasteiger partial charge on any atom is 0.198 e. The molecule has 0 bridgehead atoms. The van der Waals surface area contributed by atoms with Gasteiger partial charge in [0.15, 0.2) is 15.8 Å². The zero-order valence-electron chi connectivity index (χ0n) is 14.7. The predicted molar refractivity (Wildman–Crippen MR) is 102 cm³/mol. The molecule has 25 heavy (non-hydrogen) atoms. The third-order valence-electron chi connectivity index (χ3n) is 5.66. The van der Waals surface area contributed by atoms with Crippen LogP contribution in [-0.2, 0) is 16.3 Å². The number of hydrogen-bond acceptors (Lipinski definition) is 3. The summed E-state index contributed by atoms with van der Waals surface area (Å²) in [5.74, 6) is 1.74. The van der Waals surface area contributed by atoms with E-state index in [2.05, 4.69) is 34.5 Å². The molecular formula is C19H27N3O2S. The zero-order valence-corrected chi connectivity index (χ0v) is 15.5. The number of sulfone groups is 1. The highest BCUT2D eigenvalue weighted by molar-refractivity contribution is 7.91. The molecule has 3 aliphatic rings. The number of nitrogens with one attached hydrogen (secondary N) is 1. The van der Waals surface area contributed by atoms with Gasteiger partial charge in [0.2, 0.25) is 0 Å². The van der Waals surface area contributed by atoms with Crippen molar-refractivity contribution in [2.45, 2.75) is 44.6 Å². The van der Waals surface area contributed by atoms with Crippen LogP contribution in [0.25, 0.3) is 0 Å². The minimum absolute atomic E-state index is 0.170. The predicted octanol–water partition coefficient (Wildman–Crippen LogP) is 2.37. The molecule has 2 fully saturated rings. The molecule has 136 valence electrons. The van der Waals surface area contributed by atoms with Crippen LogP contribution in [0.4, 0.5) is 5.69 Å². The SMILES string of the molecule is O=S1(=O)CCC(CN=C(NC2CCCC2)N2CCc3ccccc32)C1. The van der Waals surface area contributed by atoms with E-state index in [9.17, 15) is 8.42 Å². The molecule has 1 atom stereocenters.